The van der Waals surface area contributed by atoms with Gasteiger partial charge in [0.2, 0.25) is 0 Å². The summed E-state index contributed by atoms with van der Waals surface area (Å²) in [4.78, 5) is 12.9. The molecule has 0 aromatic rings. The SMILES string of the molecule is CCOC(=O)C1=NN=C2C=C(Br)C=CN2[C@@H]1O. The lowest BCUT2D eigenvalue weighted by Gasteiger charge is -2.29. The minimum Gasteiger partial charge on any atom is -0.461 e. The third-order valence-corrected chi connectivity index (χ3v) is 2.67. The average Bonchev–Trinajstić information content (AvgIpc) is 2.29. The van der Waals surface area contributed by atoms with Gasteiger partial charge in [-0.25, -0.2) is 4.79 Å². The highest BCUT2D eigenvalue weighted by molar-refractivity contribution is 9.11. The first-order valence-corrected chi connectivity index (χ1v) is 5.77. The van der Waals surface area contributed by atoms with Crippen LogP contribution in [0.3, 0.4) is 0 Å². The predicted octanol–water partition coefficient (Wildman–Crippen LogP) is 0.744. The van der Waals surface area contributed by atoms with E-state index in [1.165, 1.54) is 4.90 Å². The van der Waals surface area contributed by atoms with Crippen molar-refractivity contribution in [2.75, 3.05) is 6.61 Å². The van der Waals surface area contributed by atoms with Crippen LogP contribution in [0.5, 0.6) is 0 Å². The minimum atomic E-state index is -1.17. The van der Waals surface area contributed by atoms with E-state index in [9.17, 15) is 9.90 Å². The highest BCUT2D eigenvalue weighted by Gasteiger charge is 2.32. The zero-order valence-electron chi connectivity index (χ0n) is 9.00. The molecule has 90 valence electrons. The number of amidine groups is 1. The van der Waals surface area contributed by atoms with Gasteiger partial charge in [-0.2, -0.15) is 0 Å². The van der Waals surface area contributed by atoms with Crippen molar-refractivity contribution in [1.82, 2.24) is 4.90 Å². The Hall–Kier alpha value is -1.47. The molecule has 17 heavy (non-hydrogen) atoms. The first-order chi connectivity index (χ1) is 8.13. The molecule has 0 amide bonds. The van der Waals surface area contributed by atoms with E-state index in [4.69, 9.17) is 4.74 Å². The Morgan fingerprint density at radius 1 is 1.65 bits per heavy atom. The summed E-state index contributed by atoms with van der Waals surface area (Å²) in [5.74, 6) is -0.204. The second-order valence-electron chi connectivity index (χ2n) is 3.29. The average molecular weight is 300 g/mol. The number of fused-ring (bicyclic) bond motifs is 1. The molecule has 0 unspecified atom stereocenters. The molecule has 0 aromatic carbocycles. The minimum absolute atomic E-state index is 0.119. The van der Waals surface area contributed by atoms with Crippen molar-refractivity contribution in [1.29, 1.82) is 0 Å². The van der Waals surface area contributed by atoms with Gasteiger partial charge < -0.3 is 9.84 Å². The number of nitrogens with zero attached hydrogens (tertiary/aromatic N) is 3. The summed E-state index contributed by atoms with van der Waals surface area (Å²) in [7, 11) is 0. The number of carbonyl (C=O) groups is 1. The second kappa shape index (κ2) is 4.80. The summed E-state index contributed by atoms with van der Waals surface area (Å²) in [6, 6.07) is 0. The van der Waals surface area contributed by atoms with Gasteiger partial charge in [0.15, 0.2) is 17.8 Å². The van der Waals surface area contributed by atoms with Crippen LogP contribution in [-0.2, 0) is 9.53 Å². The molecule has 0 spiro atoms. The molecule has 7 heteroatoms. The van der Waals surface area contributed by atoms with E-state index in [1.54, 1.807) is 25.3 Å². The maximum absolute atomic E-state index is 11.5. The standard InChI is InChI=1S/C10H10BrN3O3/c1-2-17-10(16)8-9(15)14-4-3-6(11)5-7(14)12-13-8/h3-5,9,15H,2H2,1H3/t9-/m1/s1. The molecule has 0 fully saturated rings. The number of esters is 1. The zero-order valence-corrected chi connectivity index (χ0v) is 10.6. The van der Waals surface area contributed by atoms with Gasteiger partial charge in [-0.1, -0.05) is 15.9 Å². The Morgan fingerprint density at radius 3 is 3.12 bits per heavy atom. The van der Waals surface area contributed by atoms with Crippen molar-refractivity contribution in [3.63, 3.8) is 0 Å². The van der Waals surface area contributed by atoms with Gasteiger partial charge in [-0.3, -0.25) is 4.90 Å². The monoisotopic (exact) mass is 299 g/mol. The van der Waals surface area contributed by atoms with E-state index in [0.29, 0.717) is 5.84 Å². The van der Waals surface area contributed by atoms with Crippen molar-refractivity contribution >= 4 is 33.4 Å². The lowest BCUT2D eigenvalue weighted by molar-refractivity contribution is -0.135. The molecule has 0 bridgehead atoms. The van der Waals surface area contributed by atoms with Crippen molar-refractivity contribution in [3.05, 3.63) is 22.8 Å². The normalized spacial score (nSPS) is 22.4. The number of halogens is 1. The fraction of sp³-hybridized carbons (Fsp3) is 0.300. The van der Waals surface area contributed by atoms with E-state index >= 15 is 0 Å². The van der Waals surface area contributed by atoms with Gasteiger partial charge in [0, 0.05) is 10.7 Å². The largest absolute Gasteiger partial charge is 0.461 e. The third-order valence-electron chi connectivity index (χ3n) is 2.18. The molecule has 0 saturated carbocycles. The molecule has 6 nitrogen and oxygen atoms in total. The number of carbonyl (C=O) groups excluding carboxylic acids is 1. The Morgan fingerprint density at radius 2 is 2.41 bits per heavy atom. The van der Waals surface area contributed by atoms with E-state index < -0.39 is 12.2 Å². The van der Waals surface area contributed by atoms with Crippen LogP contribution in [0.2, 0.25) is 0 Å². The predicted molar refractivity (Wildman–Crippen MR) is 65.5 cm³/mol. The van der Waals surface area contributed by atoms with Crippen molar-refractivity contribution in [2.45, 2.75) is 13.2 Å². The Bertz CT molecular complexity index is 467. The van der Waals surface area contributed by atoms with Crippen LogP contribution in [0.4, 0.5) is 0 Å². The molecule has 2 aliphatic heterocycles. The first kappa shape index (κ1) is 12.0. The van der Waals surface area contributed by atoms with E-state index in [0.717, 1.165) is 4.48 Å². The Kier molecular flexibility index (Phi) is 3.39. The van der Waals surface area contributed by atoms with Crippen LogP contribution in [-0.4, -0.2) is 40.4 Å². The van der Waals surface area contributed by atoms with Crippen LogP contribution < -0.4 is 0 Å². The molecule has 1 N–H and O–H groups in total. The second-order valence-corrected chi connectivity index (χ2v) is 4.21. The summed E-state index contributed by atoms with van der Waals surface area (Å²) >= 11 is 3.28. The molecule has 2 rings (SSSR count). The Labute approximate surface area is 106 Å². The molecule has 0 radical (unpaired) electrons. The molecular weight excluding hydrogens is 290 g/mol. The number of hydrogen-bond donors (Lipinski definition) is 1. The van der Waals surface area contributed by atoms with E-state index in [1.807, 2.05) is 0 Å². The van der Waals surface area contributed by atoms with Gasteiger partial charge >= 0.3 is 5.97 Å². The van der Waals surface area contributed by atoms with Crippen LogP contribution in [0, 0.1) is 0 Å². The molecule has 2 heterocycles. The molecule has 2 aliphatic rings. The van der Waals surface area contributed by atoms with E-state index in [2.05, 4.69) is 26.1 Å². The maximum Gasteiger partial charge on any atom is 0.359 e. The van der Waals surface area contributed by atoms with Gasteiger partial charge in [0.25, 0.3) is 0 Å². The third kappa shape index (κ3) is 2.29. The maximum atomic E-state index is 11.5. The first-order valence-electron chi connectivity index (χ1n) is 4.98. The topological polar surface area (TPSA) is 74.5 Å². The summed E-state index contributed by atoms with van der Waals surface area (Å²) in [6.07, 6.45) is 3.86. The van der Waals surface area contributed by atoms with Crippen LogP contribution >= 0.6 is 15.9 Å². The smallest absolute Gasteiger partial charge is 0.359 e. The fourth-order valence-corrected chi connectivity index (χ4v) is 1.72. The molecule has 1 atom stereocenters. The quantitative estimate of drug-likeness (QED) is 0.763. The Balaban J connectivity index is 2.28. The fourth-order valence-electron chi connectivity index (χ4n) is 1.40. The number of ether oxygens (including phenoxy) is 1. The lowest BCUT2D eigenvalue weighted by atomic mass is 10.2. The summed E-state index contributed by atoms with van der Waals surface area (Å²) in [6.45, 7) is 1.91. The molecule has 0 aliphatic carbocycles. The van der Waals surface area contributed by atoms with Crippen LogP contribution in [0.25, 0.3) is 0 Å². The van der Waals surface area contributed by atoms with Crippen molar-refractivity contribution < 1.29 is 14.6 Å². The van der Waals surface area contributed by atoms with Crippen LogP contribution in [0.1, 0.15) is 6.92 Å². The molecule has 0 aromatic heterocycles. The summed E-state index contributed by atoms with van der Waals surface area (Å²) < 4.78 is 5.59. The molecular formula is C10H10BrN3O3. The number of aliphatic hydroxyl groups is 1. The van der Waals surface area contributed by atoms with Gasteiger partial charge in [0.05, 0.1) is 6.61 Å². The number of rotatable bonds is 2. The highest BCUT2D eigenvalue weighted by atomic mass is 79.9. The van der Waals surface area contributed by atoms with Gasteiger partial charge in [0.1, 0.15) is 0 Å². The zero-order chi connectivity index (χ0) is 12.4. The number of aliphatic hydroxyl groups excluding tert-OH is 1. The van der Waals surface area contributed by atoms with E-state index in [-0.39, 0.29) is 12.3 Å². The lowest BCUT2D eigenvalue weighted by Crippen LogP contribution is -2.47. The van der Waals surface area contributed by atoms with Gasteiger partial charge in [-0.15, -0.1) is 10.2 Å². The number of allylic oxidation sites excluding steroid dienone is 2. The highest BCUT2D eigenvalue weighted by Crippen LogP contribution is 2.19. The summed E-state index contributed by atoms with van der Waals surface area (Å²) in [5.41, 5.74) is -0.119. The van der Waals surface area contributed by atoms with Crippen molar-refractivity contribution in [3.8, 4) is 0 Å². The van der Waals surface area contributed by atoms with Gasteiger partial charge in [-0.05, 0) is 19.1 Å². The number of hydrogen-bond acceptors (Lipinski definition) is 6. The van der Waals surface area contributed by atoms with Crippen LogP contribution in [0.15, 0.2) is 33.0 Å². The van der Waals surface area contributed by atoms with Crippen molar-refractivity contribution in [2.24, 2.45) is 10.2 Å². The summed E-state index contributed by atoms with van der Waals surface area (Å²) in [5, 5.41) is 17.5. The molecule has 0 saturated heterocycles.